The lowest BCUT2D eigenvalue weighted by atomic mass is 10.1. The highest BCUT2D eigenvalue weighted by Gasteiger charge is 2.32. The first-order valence-corrected chi connectivity index (χ1v) is 7.11. The van der Waals surface area contributed by atoms with Crippen molar-refractivity contribution in [1.29, 1.82) is 0 Å². The number of nitrogens with zero attached hydrogens (tertiary/aromatic N) is 6. The van der Waals surface area contributed by atoms with Crippen molar-refractivity contribution in [1.82, 2.24) is 24.6 Å². The van der Waals surface area contributed by atoms with Gasteiger partial charge in [-0.15, -0.1) is 5.10 Å². The van der Waals surface area contributed by atoms with E-state index < -0.39 is 0 Å². The number of aryl methyl sites for hydroxylation is 1. The second-order valence-corrected chi connectivity index (χ2v) is 5.52. The van der Waals surface area contributed by atoms with Gasteiger partial charge in [0.25, 0.3) is 5.89 Å². The third-order valence-corrected chi connectivity index (χ3v) is 4.33. The van der Waals surface area contributed by atoms with Crippen LogP contribution in [0.4, 0.5) is 6.01 Å². The Kier molecular flexibility index (Phi) is 2.73. The van der Waals surface area contributed by atoms with E-state index in [2.05, 4.69) is 25.0 Å². The molecule has 0 aliphatic carbocycles. The van der Waals surface area contributed by atoms with Crippen molar-refractivity contribution in [3.05, 3.63) is 12.4 Å². The van der Waals surface area contributed by atoms with Gasteiger partial charge in [-0.2, -0.15) is 0 Å². The zero-order chi connectivity index (χ0) is 13.5. The average Bonchev–Trinajstić information content (AvgIpc) is 3.00. The van der Waals surface area contributed by atoms with Crippen molar-refractivity contribution in [2.45, 2.75) is 18.9 Å². The standard InChI is InChI=1S/C13H18N6O/c1-17-7-4-14-11(17)12-15-16-13(20-12)19-9-8-18-5-2-10(19)3-6-18/h4,7,10H,2-3,5-6,8-9H2,1H3. The number of imidazole rings is 1. The Bertz CT molecular complexity index is 598. The first-order valence-electron chi connectivity index (χ1n) is 7.11. The number of piperidine rings is 1. The summed E-state index contributed by atoms with van der Waals surface area (Å²) in [6, 6.07) is 1.17. The summed E-state index contributed by atoms with van der Waals surface area (Å²) >= 11 is 0. The Morgan fingerprint density at radius 3 is 2.75 bits per heavy atom. The zero-order valence-corrected chi connectivity index (χ0v) is 11.6. The normalized spacial score (nSPS) is 25.9. The summed E-state index contributed by atoms with van der Waals surface area (Å²) in [6.45, 7) is 4.41. The van der Waals surface area contributed by atoms with Crippen molar-refractivity contribution in [2.75, 3.05) is 31.1 Å². The van der Waals surface area contributed by atoms with Gasteiger partial charge in [-0.25, -0.2) is 4.98 Å². The van der Waals surface area contributed by atoms with Crippen molar-refractivity contribution in [2.24, 2.45) is 7.05 Å². The predicted octanol–water partition coefficient (Wildman–Crippen LogP) is 0.754. The van der Waals surface area contributed by atoms with Crippen LogP contribution in [0.2, 0.25) is 0 Å². The summed E-state index contributed by atoms with van der Waals surface area (Å²) in [4.78, 5) is 9.03. The molecule has 3 aliphatic rings. The first kappa shape index (κ1) is 11.9. The molecule has 3 saturated heterocycles. The van der Waals surface area contributed by atoms with Crippen LogP contribution in [0.3, 0.4) is 0 Å². The molecular weight excluding hydrogens is 256 g/mol. The first-order chi connectivity index (χ1) is 9.81. The molecule has 0 atom stereocenters. The SMILES string of the molecule is Cn1ccnc1-c1nnc(N2CCN3CCC2CC3)o1. The molecule has 20 heavy (non-hydrogen) atoms. The molecule has 2 aromatic rings. The third-order valence-electron chi connectivity index (χ3n) is 4.33. The van der Waals surface area contributed by atoms with Crippen LogP contribution >= 0.6 is 0 Å². The summed E-state index contributed by atoms with van der Waals surface area (Å²) in [6.07, 6.45) is 5.97. The van der Waals surface area contributed by atoms with E-state index in [0.717, 1.165) is 13.1 Å². The summed E-state index contributed by atoms with van der Waals surface area (Å²) < 4.78 is 7.74. The molecule has 0 radical (unpaired) electrons. The monoisotopic (exact) mass is 274 g/mol. The fourth-order valence-corrected chi connectivity index (χ4v) is 3.13. The lowest BCUT2D eigenvalue weighted by Gasteiger charge is -2.29. The molecule has 0 aromatic carbocycles. The van der Waals surface area contributed by atoms with Gasteiger partial charge in [0.1, 0.15) is 0 Å². The Labute approximate surface area is 117 Å². The molecule has 5 rings (SSSR count). The highest BCUT2D eigenvalue weighted by molar-refractivity contribution is 5.43. The van der Waals surface area contributed by atoms with Gasteiger partial charge in [0.2, 0.25) is 0 Å². The largest absolute Gasteiger partial charge is 0.400 e. The highest BCUT2D eigenvalue weighted by atomic mass is 16.4. The van der Waals surface area contributed by atoms with Crippen LogP contribution in [-0.4, -0.2) is 56.9 Å². The van der Waals surface area contributed by atoms with Gasteiger partial charge in [0.15, 0.2) is 5.82 Å². The van der Waals surface area contributed by atoms with Gasteiger partial charge < -0.3 is 18.8 Å². The maximum atomic E-state index is 5.86. The minimum atomic E-state index is 0.492. The van der Waals surface area contributed by atoms with Crippen molar-refractivity contribution < 1.29 is 4.42 Å². The van der Waals surface area contributed by atoms with Gasteiger partial charge in [-0.3, -0.25) is 0 Å². The number of rotatable bonds is 2. The third kappa shape index (κ3) is 1.89. The molecular formula is C13H18N6O. The summed E-state index contributed by atoms with van der Waals surface area (Å²) in [5.41, 5.74) is 0. The summed E-state index contributed by atoms with van der Waals surface area (Å²) in [7, 11) is 1.92. The molecule has 7 nitrogen and oxygen atoms in total. The molecule has 0 saturated carbocycles. The van der Waals surface area contributed by atoms with Crippen molar-refractivity contribution in [3.63, 3.8) is 0 Å². The van der Waals surface area contributed by atoms with E-state index in [1.807, 2.05) is 17.8 Å². The van der Waals surface area contributed by atoms with Gasteiger partial charge in [0, 0.05) is 51.7 Å². The van der Waals surface area contributed by atoms with E-state index in [4.69, 9.17) is 4.42 Å². The van der Waals surface area contributed by atoms with Crippen LogP contribution in [0.25, 0.3) is 11.7 Å². The van der Waals surface area contributed by atoms with E-state index in [9.17, 15) is 0 Å². The smallest absolute Gasteiger partial charge is 0.318 e. The van der Waals surface area contributed by atoms with Crippen LogP contribution in [0.1, 0.15) is 12.8 Å². The Morgan fingerprint density at radius 1 is 1.15 bits per heavy atom. The van der Waals surface area contributed by atoms with Crippen LogP contribution < -0.4 is 4.90 Å². The van der Waals surface area contributed by atoms with Crippen LogP contribution in [0.15, 0.2) is 16.8 Å². The Balaban J connectivity index is 1.63. The van der Waals surface area contributed by atoms with Gasteiger partial charge in [-0.1, -0.05) is 5.10 Å². The molecule has 5 heterocycles. The lowest BCUT2D eigenvalue weighted by molar-refractivity contribution is 0.249. The number of hydrogen-bond donors (Lipinski definition) is 0. The van der Waals surface area contributed by atoms with Crippen LogP contribution in [0.5, 0.6) is 0 Å². The Morgan fingerprint density at radius 2 is 2.00 bits per heavy atom. The van der Waals surface area contributed by atoms with Crippen molar-refractivity contribution >= 4 is 6.01 Å². The van der Waals surface area contributed by atoms with Crippen LogP contribution in [-0.2, 0) is 7.05 Å². The highest BCUT2D eigenvalue weighted by Crippen LogP contribution is 2.27. The van der Waals surface area contributed by atoms with E-state index in [0.29, 0.717) is 23.8 Å². The number of fused-ring (bicyclic) bond motifs is 4. The Hall–Kier alpha value is -1.89. The number of anilines is 1. The van der Waals surface area contributed by atoms with E-state index >= 15 is 0 Å². The summed E-state index contributed by atoms with van der Waals surface area (Å²) in [5, 5.41) is 8.39. The van der Waals surface area contributed by atoms with E-state index in [-0.39, 0.29) is 0 Å². The molecule has 2 bridgehead atoms. The zero-order valence-electron chi connectivity index (χ0n) is 11.6. The lowest BCUT2D eigenvalue weighted by Crippen LogP contribution is -2.38. The predicted molar refractivity (Wildman–Crippen MR) is 73.3 cm³/mol. The minimum absolute atomic E-state index is 0.492. The van der Waals surface area contributed by atoms with E-state index in [1.165, 1.54) is 25.9 Å². The molecule has 0 unspecified atom stereocenters. The maximum Gasteiger partial charge on any atom is 0.318 e. The molecule has 7 heteroatoms. The second-order valence-electron chi connectivity index (χ2n) is 5.52. The average molecular weight is 274 g/mol. The van der Waals surface area contributed by atoms with Crippen molar-refractivity contribution in [3.8, 4) is 11.7 Å². The van der Waals surface area contributed by atoms with Crippen LogP contribution in [0, 0.1) is 0 Å². The van der Waals surface area contributed by atoms with Gasteiger partial charge in [0.05, 0.1) is 0 Å². The van der Waals surface area contributed by atoms with Gasteiger partial charge >= 0.3 is 6.01 Å². The maximum absolute atomic E-state index is 5.86. The number of hydrogen-bond acceptors (Lipinski definition) is 6. The molecule has 0 amide bonds. The second kappa shape index (κ2) is 4.59. The quantitative estimate of drug-likeness (QED) is 0.805. The molecule has 3 fully saturated rings. The van der Waals surface area contributed by atoms with E-state index in [1.54, 1.807) is 6.20 Å². The fraction of sp³-hybridized carbons (Fsp3) is 0.615. The fourth-order valence-electron chi connectivity index (χ4n) is 3.13. The summed E-state index contributed by atoms with van der Waals surface area (Å²) in [5.74, 6) is 1.21. The molecule has 106 valence electrons. The molecule has 3 aliphatic heterocycles. The minimum Gasteiger partial charge on any atom is -0.400 e. The number of aromatic nitrogens is 4. The molecule has 0 spiro atoms. The van der Waals surface area contributed by atoms with Gasteiger partial charge in [-0.05, 0) is 12.8 Å². The topological polar surface area (TPSA) is 63.2 Å². The molecule has 2 aromatic heterocycles. The molecule has 0 N–H and O–H groups in total.